The van der Waals surface area contributed by atoms with Crippen molar-refractivity contribution in [1.82, 2.24) is 4.90 Å². The quantitative estimate of drug-likeness (QED) is 0.284. The minimum Gasteiger partial charge on any atom is -0.343 e. The molecule has 2 unspecified atom stereocenters. The molecule has 1 aliphatic carbocycles. The van der Waals surface area contributed by atoms with Gasteiger partial charge in [-0.15, -0.1) is 0 Å². The van der Waals surface area contributed by atoms with Crippen molar-refractivity contribution in [3.8, 4) is 0 Å². The van der Waals surface area contributed by atoms with Gasteiger partial charge in [0.15, 0.2) is 9.84 Å². The lowest BCUT2D eigenvalue weighted by atomic mass is 9.89. The van der Waals surface area contributed by atoms with Crippen LogP contribution in [0.25, 0.3) is 0 Å². The summed E-state index contributed by atoms with van der Waals surface area (Å²) in [5.41, 5.74) is -7.64. The highest BCUT2D eigenvalue weighted by Crippen LogP contribution is 2.55. The number of hydrogen-bond donors (Lipinski definition) is 0. The molecule has 1 aliphatic rings. The van der Waals surface area contributed by atoms with E-state index >= 15 is 0 Å². The van der Waals surface area contributed by atoms with Crippen LogP contribution in [-0.4, -0.2) is 44.7 Å². The zero-order valence-electron chi connectivity index (χ0n) is 20.3. The van der Waals surface area contributed by atoms with Gasteiger partial charge in [0.2, 0.25) is 5.91 Å². The van der Waals surface area contributed by atoms with Gasteiger partial charge < -0.3 is 4.90 Å². The highest BCUT2D eigenvalue weighted by atomic mass is 32.2. The second-order valence-electron chi connectivity index (χ2n) is 9.13. The second kappa shape index (κ2) is 10.1. The molecule has 0 radical (unpaired) electrons. The van der Waals surface area contributed by atoms with Crippen LogP contribution in [0.15, 0.2) is 53.4 Å². The number of benzene rings is 2. The second-order valence-corrected chi connectivity index (χ2v) is 11.4. The number of hydrogen-bond acceptors (Lipinski definition) is 3. The molecule has 1 saturated carbocycles. The van der Waals surface area contributed by atoms with E-state index in [1.54, 1.807) is 13.8 Å². The third-order valence-electron chi connectivity index (χ3n) is 7.13. The molecule has 1 amide bonds. The SMILES string of the molecule is CCN(CC)C(=O)C1CCC(c2ccc(C(F)(C(F)(F)F)C(F)(F)F)cc2)(S(=O)(=O)c2ccc(F)cc2)C1. The Morgan fingerprint density at radius 3 is 1.84 bits per heavy atom. The lowest BCUT2D eigenvalue weighted by Gasteiger charge is -2.33. The van der Waals surface area contributed by atoms with Crippen LogP contribution >= 0.6 is 0 Å². The van der Waals surface area contributed by atoms with Gasteiger partial charge in [-0.25, -0.2) is 17.2 Å². The molecule has 0 aromatic heterocycles. The first-order valence-corrected chi connectivity index (χ1v) is 13.2. The van der Waals surface area contributed by atoms with E-state index in [1.165, 1.54) is 4.90 Å². The predicted molar refractivity (Wildman–Crippen MR) is 122 cm³/mol. The molecule has 0 spiro atoms. The molecule has 13 heteroatoms. The fourth-order valence-corrected chi connectivity index (χ4v) is 7.21. The zero-order valence-corrected chi connectivity index (χ0v) is 21.2. The Labute approximate surface area is 214 Å². The summed E-state index contributed by atoms with van der Waals surface area (Å²) in [7, 11) is -4.46. The van der Waals surface area contributed by atoms with Crippen LogP contribution in [-0.2, 0) is 25.0 Å². The van der Waals surface area contributed by atoms with Gasteiger partial charge in [-0.1, -0.05) is 24.3 Å². The predicted octanol–water partition coefficient (Wildman–Crippen LogP) is 6.45. The topological polar surface area (TPSA) is 54.5 Å². The smallest absolute Gasteiger partial charge is 0.343 e. The van der Waals surface area contributed by atoms with Gasteiger partial charge in [0.25, 0.3) is 0 Å². The first-order chi connectivity index (χ1) is 17.5. The van der Waals surface area contributed by atoms with Crippen LogP contribution in [0.4, 0.5) is 35.1 Å². The number of halogens is 8. The maximum absolute atomic E-state index is 14.6. The summed E-state index contributed by atoms with van der Waals surface area (Å²) in [5, 5.41) is 0. The minimum absolute atomic E-state index is 0.0651. The largest absolute Gasteiger partial charge is 0.435 e. The van der Waals surface area contributed by atoms with Gasteiger partial charge in [0, 0.05) is 24.6 Å². The Morgan fingerprint density at radius 2 is 1.39 bits per heavy atom. The zero-order chi connectivity index (χ0) is 28.7. The van der Waals surface area contributed by atoms with Crippen LogP contribution in [0.5, 0.6) is 0 Å². The van der Waals surface area contributed by atoms with E-state index in [1.807, 2.05) is 0 Å². The third-order valence-corrected chi connectivity index (χ3v) is 9.65. The van der Waals surface area contributed by atoms with Gasteiger partial charge >= 0.3 is 18.0 Å². The number of alkyl halides is 7. The summed E-state index contributed by atoms with van der Waals surface area (Å²) in [5.74, 6) is -1.89. The molecule has 0 heterocycles. The number of rotatable bonds is 7. The summed E-state index contributed by atoms with van der Waals surface area (Å²) < 4.78 is 133. The van der Waals surface area contributed by atoms with Crippen molar-refractivity contribution in [2.75, 3.05) is 13.1 Å². The standard InChI is InChI=1S/C25H25F8NO3S/c1-3-34(4-2)21(35)16-13-14-22(15-16,38(36,37)20-11-9-19(26)10-12-20)17-5-7-18(8-6-17)23(27,24(28,29)30)25(31,32)33/h5-12,16H,3-4,13-15H2,1-2H3. The highest BCUT2D eigenvalue weighted by Gasteiger charge is 2.73. The molecule has 2 atom stereocenters. The van der Waals surface area contributed by atoms with E-state index in [2.05, 4.69) is 0 Å². The maximum Gasteiger partial charge on any atom is 0.435 e. The maximum atomic E-state index is 14.6. The average Bonchev–Trinajstić information content (AvgIpc) is 3.30. The molecule has 0 aliphatic heterocycles. The van der Waals surface area contributed by atoms with Crippen LogP contribution < -0.4 is 0 Å². The van der Waals surface area contributed by atoms with Gasteiger partial charge in [-0.3, -0.25) is 4.79 Å². The summed E-state index contributed by atoms with van der Waals surface area (Å²) in [6, 6.07) is 5.71. The van der Waals surface area contributed by atoms with Crippen molar-refractivity contribution in [2.24, 2.45) is 5.92 Å². The molecule has 210 valence electrons. The van der Waals surface area contributed by atoms with Crippen molar-refractivity contribution < 1.29 is 48.3 Å². The van der Waals surface area contributed by atoms with Crippen molar-refractivity contribution in [3.05, 3.63) is 65.5 Å². The Hall–Kier alpha value is -2.70. The molecule has 3 rings (SSSR count). The molecule has 2 aromatic carbocycles. The molecule has 0 saturated heterocycles. The monoisotopic (exact) mass is 571 g/mol. The molecule has 0 N–H and O–H groups in total. The number of sulfone groups is 1. The third kappa shape index (κ3) is 4.77. The van der Waals surface area contributed by atoms with E-state index in [-0.39, 0.29) is 47.8 Å². The summed E-state index contributed by atoms with van der Waals surface area (Å²) in [4.78, 5) is 14.2. The molecule has 38 heavy (non-hydrogen) atoms. The van der Waals surface area contributed by atoms with Crippen molar-refractivity contribution in [3.63, 3.8) is 0 Å². The normalized spacial score (nSPS) is 20.9. The first-order valence-electron chi connectivity index (χ1n) is 11.7. The minimum atomic E-state index is -6.33. The van der Waals surface area contributed by atoms with Crippen LogP contribution in [0, 0.1) is 11.7 Å². The van der Waals surface area contributed by atoms with E-state index in [0.29, 0.717) is 25.2 Å². The Bertz CT molecular complexity index is 1240. The first kappa shape index (κ1) is 29.9. The Kier molecular flexibility index (Phi) is 7.95. The number of carbonyl (C=O) groups excluding carboxylic acids is 1. The molecular weight excluding hydrogens is 546 g/mol. The Balaban J connectivity index is 2.17. The van der Waals surface area contributed by atoms with E-state index in [0.717, 1.165) is 24.3 Å². The molecule has 2 aromatic rings. The van der Waals surface area contributed by atoms with Crippen molar-refractivity contribution in [1.29, 1.82) is 0 Å². The lowest BCUT2D eigenvalue weighted by molar-refractivity contribution is -0.348. The van der Waals surface area contributed by atoms with Gasteiger partial charge in [-0.2, -0.15) is 26.3 Å². The summed E-state index contributed by atoms with van der Waals surface area (Å²) in [6.45, 7) is 4.13. The summed E-state index contributed by atoms with van der Waals surface area (Å²) >= 11 is 0. The van der Waals surface area contributed by atoms with Crippen molar-refractivity contribution >= 4 is 15.7 Å². The fourth-order valence-electron chi connectivity index (χ4n) is 5.01. The number of nitrogens with zero attached hydrogens (tertiary/aromatic N) is 1. The number of amides is 1. The molecular formula is C25H25F8NO3S. The molecule has 1 fully saturated rings. The Morgan fingerprint density at radius 1 is 0.895 bits per heavy atom. The van der Waals surface area contributed by atoms with Crippen molar-refractivity contribution in [2.45, 2.75) is 60.8 Å². The van der Waals surface area contributed by atoms with E-state index in [4.69, 9.17) is 0 Å². The fraction of sp³-hybridized carbons (Fsp3) is 0.480. The average molecular weight is 572 g/mol. The lowest BCUT2D eigenvalue weighted by Crippen LogP contribution is -2.50. The van der Waals surface area contributed by atoms with E-state index in [9.17, 15) is 48.3 Å². The number of carbonyl (C=O) groups is 1. The molecule has 4 nitrogen and oxygen atoms in total. The van der Waals surface area contributed by atoms with Gasteiger partial charge in [0.05, 0.1) is 4.90 Å². The summed E-state index contributed by atoms with van der Waals surface area (Å²) in [6.07, 6.45) is -13.1. The highest BCUT2D eigenvalue weighted by molar-refractivity contribution is 7.92. The van der Waals surface area contributed by atoms with Crippen LogP contribution in [0.3, 0.4) is 0 Å². The van der Waals surface area contributed by atoms with Gasteiger partial charge in [0.1, 0.15) is 10.6 Å². The van der Waals surface area contributed by atoms with Crippen LogP contribution in [0.1, 0.15) is 44.2 Å². The van der Waals surface area contributed by atoms with Gasteiger partial charge in [-0.05, 0) is 62.9 Å². The van der Waals surface area contributed by atoms with Crippen LogP contribution in [0.2, 0.25) is 0 Å². The van der Waals surface area contributed by atoms with E-state index < -0.39 is 49.9 Å². The molecule has 0 bridgehead atoms.